The van der Waals surface area contributed by atoms with Crippen LogP contribution in [0.25, 0.3) is 0 Å². The Balaban J connectivity index is 1.87. The van der Waals surface area contributed by atoms with Crippen molar-refractivity contribution in [2.75, 3.05) is 10.2 Å². The fourth-order valence-corrected chi connectivity index (χ4v) is 2.94. The molecule has 1 aromatic heterocycles. The highest BCUT2D eigenvalue weighted by atomic mass is 32.1. The summed E-state index contributed by atoms with van der Waals surface area (Å²) in [4.78, 5) is 14.7. The third-order valence-electron chi connectivity index (χ3n) is 3.54. The van der Waals surface area contributed by atoms with Crippen LogP contribution in [-0.2, 0) is 0 Å². The molecular weight excluding hydrogens is 350 g/mol. The predicted molar refractivity (Wildman–Crippen MR) is 108 cm³/mol. The smallest absolute Gasteiger partial charge is 0.235 e. The molecule has 0 aliphatic carbocycles. The van der Waals surface area contributed by atoms with E-state index < -0.39 is 0 Å². The molecule has 0 amide bonds. The lowest BCUT2D eigenvalue weighted by molar-refractivity contribution is 0.717. The van der Waals surface area contributed by atoms with E-state index in [1.165, 1.54) is 0 Å². The van der Waals surface area contributed by atoms with E-state index in [9.17, 15) is 0 Å². The average Bonchev–Trinajstić information content (AvgIpc) is 2.56. The van der Waals surface area contributed by atoms with E-state index in [0.717, 1.165) is 17.1 Å². The molecule has 0 saturated carbocycles. The second kappa shape index (κ2) is 7.76. The molecule has 128 valence electrons. The Morgan fingerprint density at radius 2 is 1.36 bits per heavy atom. The number of benzene rings is 2. The standard InChI is InChI=1S/C18H19N5S2/c1-12(2)23(16-20-17(24)22-18(25)21-16)15-10-8-14(9-11-15)19-13-6-4-3-5-7-13/h3-12,19H,1-2H3,(H2,20,21,22,24,25). The summed E-state index contributed by atoms with van der Waals surface area (Å²) in [5, 5.41) is 4.07. The van der Waals surface area contributed by atoms with Crippen LogP contribution in [0.1, 0.15) is 13.8 Å². The van der Waals surface area contributed by atoms with Crippen LogP contribution in [0.15, 0.2) is 64.9 Å². The summed E-state index contributed by atoms with van der Waals surface area (Å²) in [7, 11) is 0. The molecule has 5 nitrogen and oxygen atoms in total. The quantitative estimate of drug-likeness (QED) is 0.567. The number of aromatic nitrogens is 3. The van der Waals surface area contributed by atoms with Gasteiger partial charge in [-0.1, -0.05) is 18.2 Å². The molecule has 25 heavy (non-hydrogen) atoms. The lowest BCUT2D eigenvalue weighted by atomic mass is 10.2. The molecule has 7 heteroatoms. The van der Waals surface area contributed by atoms with Crippen molar-refractivity contribution in [3.05, 3.63) is 54.6 Å². The Morgan fingerprint density at radius 1 is 0.800 bits per heavy atom. The summed E-state index contributed by atoms with van der Waals surface area (Å²) in [5.74, 6) is 0.531. The maximum absolute atomic E-state index is 4.33. The minimum Gasteiger partial charge on any atom is -0.356 e. The normalized spacial score (nSPS) is 10.8. The first-order chi connectivity index (χ1) is 12.0. The van der Waals surface area contributed by atoms with Crippen molar-refractivity contribution in [3.8, 4) is 0 Å². The SMILES string of the molecule is CC(C)N(c1ccc(Nc2ccccc2)cc1)c1nc(S)nc(S)n1. The summed E-state index contributed by atoms with van der Waals surface area (Å²) < 4.78 is 0. The monoisotopic (exact) mass is 369 g/mol. The fourth-order valence-electron chi connectivity index (χ4n) is 2.49. The molecule has 0 aliphatic heterocycles. The fraction of sp³-hybridized carbons (Fsp3) is 0.167. The summed E-state index contributed by atoms with van der Waals surface area (Å²) >= 11 is 8.45. The molecule has 0 saturated heterocycles. The number of rotatable bonds is 5. The van der Waals surface area contributed by atoms with Crippen LogP contribution in [0.5, 0.6) is 0 Å². The Morgan fingerprint density at radius 3 is 1.92 bits per heavy atom. The molecule has 0 aliphatic rings. The molecule has 0 fully saturated rings. The molecule has 0 spiro atoms. The van der Waals surface area contributed by atoms with Crippen molar-refractivity contribution in [2.24, 2.45) is 0 Å². The van der Waals surface area contributed by atoms with Gasteiger partial charge in [0.25, 0.3) is 0 Å². The molecule has 2 aromatic carbocycles. The van der Waals surface area contributed by atoms with Crippen molar-refractivity contribution >= 4 is 48.3 Å². The molecule has 0 atom stereocenters. The van der Waals surface area contributed by atoms with Crippen LogP contribution in [-0.4, -0.2) is 21.0 Å². The molecule has 3 rings (SSSR count). The van der Waals surface area contributed by atoms with E-state index in [1.54, 1.807) is 0 Å². The third kappa shape index (κ3) is 4.43. The van der Waals surface area contributed by atoms with Gasteiger partial charge in [-0.2, -0.15) is 15.0 Å². The van der Waals surface area contributed by atoms with E-state index in [1.807, 2.05) is 59.5 Å². The van der Waals surface area contributed by atoms with Gasteiger partial charge in [-0.15, -0.1) is 25.3 Å². The number of nitrogens with one attached hydrogen (secondary N) is 1. The van der Waals surface area contributed by atoms with Crippen molar-refractivity contribution < 1.29 is 0 Å². The predicted octanol–water partition coefficient (Wildman–Crippen LogP) is 4.74. The van der Waals surface area contributed by atoms with Crippen molar-refractivity contribution in [1.82, 2.24) is 15.0 Å². The Bertz CT molecular complexity index is 818. The van der Waals surface area contributed by atoms with Crippen molar-refractivity contribution in [1.29, 1.82) is 0 Å². The first-order valence-corrected chi connectivity index (χ1v) is 8.78. The summed E-state index contributed by atoms with van der Waals surface area (Å²) in [6.45, 7) is 4.16. The number of thiol groups is 2. The Labute approximate surface area is 158 Å². The molecule has 1 heterocycles. The lowest BCUT2D eigenvalue weighted by Crippen LogP contribution is -2.27. The molecule has 1 N–H and O–H groups in total. The second-order valence-electron chi connectivity index (χ2n) is 5.74. The number of anilines is 4. The minimum absolute atomic E-state index is 0.163. The van der Waals surface area contributed by atoms with E-state index in [4.69, 9.17) is 0 Å². The molecule has 0 radical (unpaired) electrons. The highest BCUT2D eigenvalue weighted by molar-refractivity contribution is 7.80. The maximum atomic E-state index is 4.33. The van der Waals surface area contributed by atoms with E-state index in [2.05, 4.69) is 59.4 Å². The van der Waals surface area contributed by atoms with E-state index >= 15 is 0 Å². The number of hydrogen-bond donors (Lipinski definition) is 3. The van der Waals surface area contributed by atoms with Gasteiger partial charge in [-0.3, -0.25) is 0 Å². The van der Waals surface area contributed by atoms with Crippen molar-refractivity contribution in [2.45, 2.75) is 30.2 Å². The van der Waals surface area contributed by atoms with Crippen molar-refractivity contribution in [3.63, 3.8) is 0 Å². The summed E-state index contributed by atoms with van der Waals surface area (Å²) in [5.41, 5.74) is 3.05. The van der Waals surface area contributed by atoms with Crippen LogP contribution < -0.4 is 10.2 Å². The van der Waals surface area contributed by atoms with Gasteiger partial charge in [0, 0.05) is 23.1 Å². The topological polar surface area (TPSA) is 53.9 Å². The number of hydrogen-bond acceptors (Lipinski definition) is 7. The van der Waals surface area contributed by atoms with Gasteiger partial charge in [0.05, 0.1) is 0 Å². The van der Waals surface area contributed by atoms with Crippen LogP contribution in [0.4, 0.5) is 23.0 Å². The Hall–Kier alpha value is -2.25. The van der Waals surface area contributed by atoms with Gasteiger partial charge < -0.3 is 10.2 Å². The van der Waals surface area contributed by atoms with Gasteiger partial charge >= 0.3 is 0 Å². The van der Waals surface area contributed by atoms with E-state index in [-0.39, 0.29) is 6.04 Å². The van der Waals surface area contributed by atoms with Gasteiger partial charge in [0.15, 0.2) is 10.3 Å². The molecule has 3 aromatic rings. The lowest BCUT2D eigenvalue weighted by Gasteiger charge is -2.27. The summed E-state index contributed by atoms with van der Waals surface area (Å²) in [6, 6.07) is 18.3. The van der Waals surface area contributed by atoms with Gasteiger partial charge in [-0.05, 0) is 50.2 Å². The zero-order valence-corrected chi connectivity index (χ0v) is 15.7. The highest BCUT2D eigenvalue weighted by Gasteiger charge is 2.17. The summed E-state index contributed by atoms with van der Waals surface area (Å²) in [6.07, 6.45) is 0. The second-order valence-corrected chi connectivity index (χ2v) is 6.54. The first-order valence-electron chi connectivity index (χ1n) is 7.88. The van der Waals surface area contributed by atoms with Crippen LogP contribution in [0, 0.1) is 0 Å². The molecule has 0 bridgehead atoms. The number of nitrogens with zero attached hydrogens (tertiary/aromatic N) is 4. The number of para-hydroxylation sites is 1. The zero-order chi connectivity index (χ0) is 17.8. The minimum atomic E-state index is 0.163. The van der Waals surface area contributed by atoms with Gasteiger partial charge in [-0.25, -0.2) is 0 Å². The van der Waals surface area contributed by atoms with Crippen LogP contribution in [0.3, 0.4) is 0 Å². The highest BCUT2D eigenvalue weighted by Crippen LogP contribution is 2.28. The first kappa shape index (κ1) is 17.6. The van der Waals surface area contributed by atoms with Gasteiger partial charge in [0.2, 0.25) is 5.95 Å². The Kier molecular flexibility index (Phi) is 5.45. The maximum Gasteiger partial charge on any atom is 0.235 e. The average molecular weight is 370 g/mol. The third-order valence-corrected chi connectivity index (χ3v) is 3.94. The van der Waals surface area contributed by atoms with Crippen LogP contribution in [0.2, 0.25) is 0 Å². The molecule has 0 unspecified atom stereocenters. The van der Waals surface area contributed by atoms with E-state index in [0.29, 0.717) is 16.3 Å². The van der Waals surface area contributed by atoms with Crippen LogP contribution >= 0.6 is 25.3 Å². The molecular formula is C18H19N5S2. The zero-order valence-electron chi connectivity index (χ0n) is 14.0. The largest absolute Gasteiger partial charge is 0.356 e. The van der Waals surface area contributed by atoms with Gasteiger partial charge in [0.1, 0.15) is 0 Å².